The molecule has 2 N–H and O–H groups in total. The zero-order valence-electron chi connectivity index (χ0n) is 10.3. The van der Waals surface area contributed by atoms with Gasteiger partial charge in [0.25, 0.3) is 0 Å². The first kappa shape index (κ1) is 14.7. The minimum atomic E-state index is -2.94. The third-order valence-corrected chi connectivity index (χ3v) is 4.61. The van der Waals surface area contributed by atoms with Crippen LogP contribution in [0.4, 0.5) is 4.79 Å². The van der Waals surface area contributed by atoms with Crippen LogP contribution in [-0.2, 0) is 14.6 Å². The number of aliphatic carboxylic acids is 1. The lowest BCUT2D eigenvalue weighted by Crippen LogP contribution is -2.46. The molecule has 0 unspecified atom stereocenters. The Morgan fingerprint density at radius 2 is 1.89 bits per heavy atom. The molecule has 0 saturated carbocycles. The molecule has 1 heterocycles. The molecule has 0 aliphatic carbocycles. The predicted molar refractivity (Wildman–Crippen MR) is 65.1 cm³/mol. The third-order valence-electron chi connectivity index (χ3n) is 2.89. The van der Waals surface area contributed by atoms with Gasteiger partial charge in [-0.1, -0.05) is 0 Å². The number of carboxylic acids is 1. The number of sulfone groups is 1. The van der Waals surface area contributed by atoms with E-state index in [0.717, 1.165) is 0 Å². The molecule has 1 fully saturated rings. The van der Waals surface area contributed by atoms with Crippen LogP contribution in [0.2, 0.25) is 0 Å². The number of carbonyl (C=O) groups excluding carboxylic acids is 1. The summed E-state index contributed by atoms with van der Waals surface area (Å²) in [6.45, 7) is 0.131. The fourth-order valence-electron chi connectivity index (χ4n) is 1.68. The van der Waals surface area contributed by atoms with Gasteiger partial charge in [0.2, 0.25) is 0 Å². The van der Waals surface area contributed by atoms with Crippen LogP contribution in [0.5, 0.6) is 0 Å². The Bertz CT molecular complexity index is 406. The van der Waals surface area contributed by atoms with Crippen molar-refractivity contribution in [2.75, 3.05) is 25.1 Å². The molecule has 1 aliphatic heterocycles. The van der Waals surface area contributed by atoms with Gasteiger partial charge in [0.05, 0.1) is 17.9 Å². The number of carboxylic acid groups (broad SMARTS) is 1. The molecule has 0 radical (unpaired) electrons. The van der Waals surface area contributed by atoms with E-state index in [1.807, 2.05) is 0 Å². The lowest BCUT2D eigenvalue weighted by atomic mass is 10.1. The Morgan fingerprint density at radius 3 is 2.39 bits per heavy atom. The van der Waals surface area contributed by atoms with Gasteiger partial charge in [-0.25, -0.2) is 13.2 Å². The highest BCUT2D eigenvalue weighted by Gasteiger charge is 2.25. The summed E-state index contributed by atoms with van der Waals surface area (Å²) in [5.41, 5.74) is 0. The number of urea groups is 1. The van der Waals surface area contributed by atoms with E-state index in [-0.39, 0.29) is 36.5 Å². The Labute approximate surface area is 106 Å². The Morgan fingerprint density at radius 1 is 1.33 bits per heavy atom. The lowest BCUT2D eigenvalue weighted by Gasteiger charge is -2.26. The molecule has 2 amide bonds. The largest absolute Gasteiger partial charge is 0.481 e. The van der Waals surface area contributed by atoms with Crippen molar-refractivity contribution in [1.29, 1.82) is 0 Å². The van der Waals surface area contributed by atoms with Crippen molar-refractivity contribution < 1.29 is 23.1 Å². The molecule has 1 rings (SSSR count). The average molecular weight is 278 g/mol. The molecular weight excluding hydrogens is 260 g/mol. The first-order chi connectivity index (χ1) is 8.30. The van der Waals surface area contributed by atoms with E-state index in [4.69, 9.17) is 5.11 Å². The van der Waals surface area contributed by atoms with Gasteiger partial charge in [-0.05, 0) is 12.8 Å². The Balaban J connectivity index is 2.34. The van der Waals surface area contributed by atoms with Crippen molar-refractivity contribution >= 4 is 21.8 Å². The van der Waals surface area contributed by atoms with Crippen molar-refractivity contribution in [3.8, 4) is 0 Å². The summed E-state index contributed by atoms with van der Waals surface area (Å²) in [4.78, 5) is 23.3. The van der Waals surface area contributed by atoms with Crippen molar-refractivity contribution in [3.05, 3.63) is 0 Å². The fraction of sp³-hybridized carbons (Fsp3) is 0.800. The summed E-state index contributed by atoms with van der Waals surface area (Å²) < 4.78 is 22.4. The van der Waals surface area contributed by atoms with Crippen molar-refractivity contribution in [3.63, 3.8) is 0 Å². The van der Waals surface area contributed by atoms with Crippen LogP contribution in [0.3, 0.4) is 0 Å². The zero-order chi connectivity index (χ0) is 13.8. The molecule has 0 atom stereocenters. The maximum Gasteiger partial charge on any atom is 0.317 e. The number of carbonyl (C=O) groups is 2. The number of hydrogen-bond acceptors (Lipinski definition) is 4. The van der Waals surface area contributed by atoms with Gasteiger partial charge in [-0.15, -0.1) is 0 Å². The minimum absolute atomic E-state index is 0.0940. The van der Waals surface area contributed by atoms with Crippen LogP contribution in [-0.4, -0.2) is 61.6 Å². The van der Waals surface area contributed by atoms with Crippen molar-refractivity contribution in [1.82, 2.24) is 10.2 Å². The van der Waals surface area contributed by atoms with Crippen LogP contribution in [0.1, 0.15) is 19.3 Å². The third kappa shape index (κ3) is 4.91. The van der Waals surface area contributed by atoms with Crippen LogP contribution < -0.4 is 5.32 Å². The smallest absolute Gasteiger partial charge is 0.317 e. The molecule has 7 nitrogen and oxygen atoms in total. The van der Waals surface area contributed by atoms with E-state index in [1.165, 1.54) is 11.9 Å². The summed E-state index contributed by atoms with van der Waals surface area (Å²) in [6.07, 6.45) is 0.727. The molecule has 8 heteroatoms. The summed E-state index contributed by atoms with van der Waals surface area (Å²) in [7, 11) is -1.42. The lowest BCUT2D eigenvalue weighted by molar-refractivity contribution is -0.137. The number of nitrogens with zero attached hydrogens (tertiary/aromatic N) is 1. The maximum atomic E-state index is 11.7. The molecule has 0 aromatic heterocycles. The zero-order valence-corrected chi connectivity index (χ0v) is 11.1. The summed E-state index contributed by atoms with van der Waals surface area (Å²) in [5, 5.41) is 11.2. The monoisotopic (exact) mass is 278 g/mol. The van der Waals surface area contributed by atoms with Crippen molar-refractivity contribution in [2.24, 2.45) is 0 Å². The van der Waals surface area contributed by atoms with Gasteiger partial charge in [-0.2, -0.15) is 0 Å². The Kier molecular flexibility index (Phi) is 4.94. The van der Waals surface area contributed by atoms with E-state index in [0.29, 0.717) is 12.8 Å². The number of nitrogens with one attached hydrogen (secondary N) is 1. The van der Waals surface area contributed by atoms with Gasteiger partial charge in [0, 0.05) is 19.6 Å². The number of amides is 2. The Hall–Kier alpha value is -1.31. The maximum absolute atomic E-state index is 11.7. The summed E-state index contributed by atoms with van der Waals surface area (Å²) in [5.74, 6) is -0.772. The molecular formula is C10H18N2O5S. The topological polar surface area (TPSA) is 104 Å². The molecule has 0 aromatic rings. The first-order valence-electron chi connectivity index (χ1n) is 5.74. The fourth-order valence-corrected chi connectivity index (χ4v) is 3.18. The SMILES string of the molecule is CN(CCC(=O)O)C(=O)NC1CCS(=O)(=O)CC1. The molecule has 0 spiro atoms. The van der Waals surface area contributed by atoms with Crippen LogP contribution >= 0.6 is 0 Å². The van der Waals surface area contributed by atoms with Gasteiger partial charge < -0.3 is 15.3 Å². The van der Waals surface area contributed by atoms with E-state index < -0.39 is 15.8 Å². The molecule has 0 bridgehead atoms. The highest BCUT2D eigenvalue weighted by Crippen LogP contribution is 2.12. The second kappa shape index (κ2) is 6.03. The van der Waals surface area contributed by atoms with Crippen LogP contribution in [0.15, 0.2) is 0 Å². The highest BCUT2D eigenvalue weighted by molar-refractivity contribution is 7.91. The van der Waals surface area contributed by atoms with E-state index >= 15 is 0 Å². The van der Waals surface area contributed by atoms with E-state index in [9.17, 15) is 18.0 Å². The standard InChI is InChI=1S/C10H18N2O5S/c1-12(5-2-9(13)14)10(15)11-8-3-6-18(16,17)7-4-8/h8H,2-7H2,1H3,(H,11,15)(H,13,14). The summed E-state index contributed by atoms with van der Waals surface area (Å²) >= 11 is 0. The predicted octanol–water partition coefficient (Wildman–Crippen LogP) is -0.320. The number of rotatable bonds is 4. The highest BCUT2D eigenvalue weighted by atomic mass is 32.2. The van der Waals surface area contributed by atoms with Crippen molar-refractivity contribution in [2.45, 2.75) is 25.3 Å². The molecule has 1 aliphatic rings. The molecule has 1 saturated heterocycles. The molecule has 104 valence electrons. The first-order valence-corrected chi connectivity index (χ1v) is 7.56. The van der Waals surface area contributed by atoms with Gasteiger partial charge in [-0.3, -0.25) is 4.79 Å². The second-order valence-electron chi connectivity index (χ2n) is 4.44. The van der Waals surface area contributed by atoms with Gasteiger partial charge in [0.15, 0.2) is 0 Å². The minimum Gasteiger partial charge on any atom is -0.481 e. The molecule has 18 heavy (non-hydrogen) atoms. The molecule has 0 aromatic carbocycles. The average Bonchev–Trinajstić information content (AvgIpc) is 2.28. The quantitative estimate of drug-likeness (QED) is 0.733. The van der Waals surface area contributed by atoms with Gasteiger partial charge >= 0.3 is 12.0 Å². The second-order valence-corrected chi connectivity index (χ2v) is 6.74. The van der Waals surface area contributed by atoms with E-state index in [2.05, 4.69) is 5.32 Å². The van der Waals surface area contributed by atoms with Crippen LogP contribution in [0, 0.1) is 0 Å². The number of hydrogen-bond donors (Lipinski definition) is 2. The van der Waals surface area contributed by atoms with Gasteiger partial charge in [0.1, 0.15) is 9.84 Å². The van der Waals surface area contributed by atoms with Crippen LogP contribution in [0.25, 0.3) is 0 Å². The normalized spacial score (nSPS) is 19.2. The summed E-state index contributed by atoms with van der Waals surface area (Å²) in [6, 6.07) is -0.506. The van der Waals surface area contributed by atoms with E-state index in [1.54, 1.807) is 0 Å².